The maximum atomic E-state index is 12.2. The monoisotopic (exact) mass is 334 g/mol. The molecule has 2 rings (SSSR count). The number of carbonyl (C=O) groups is 2. The summed E-state index contributed by atoms with van der Waals surface area (Å²) in [7, 11) is 1.29. The zero-order chi connectivity index (χ0) is 16.8. The summed E-state index contributed by atoms with van der Waals surface area (Å²) in [5, 5.41) is 0.436. The molecular formula is C17H15ClO5. The van der Waals surface area contributed by atoms with Crippen molar-refractivity contribution in [2.24, 2.45) is 0 Å². The number of methoxy groups -OCH3 is 1. The van der Waals surface area contributed by atoms with E-state index in [0.29, 0.717) is 22.8 Å². The molecule has 0 aliphatic rings. The van der Waals surface area contributed by atoms with Crippen LogP contribution >= 0.6 is 11.6 Å². The molecule has 0 aliphatic carbocycles. The van der Waals surface area contributed by atoms with Crippen molar-refractivity contribution in [1.29, 1.82) is 0 Å². The Morgan fingerprint density at radius 3 is 2.39 bits per heavy atom. The number of carbonyl (C=O) groups excluding carboxylic acids is 2. The SMILES string of the molecule is CCOc1cc(C(=O)OC)ccc1OC(=O)c1cccc(Cl)c1. The molecule has 0 N–H and O–H groups in total. The molecule has 0 atom stereocenters. The lowest BCUT2D eigenvalue weighted by Gasteiger charge is -2.12. The molecule has 23 heavy (non-hydrogen) atoms. The normalized spacial score (nSPS) is 10.0. The summed E-state index contributed by atoms with van der Waals surface area (Å²) in [4.78, 5) is 23.7. The Morgan fingerprint density at radius 2 is 1.74 bits per heavy atom. The minimum absolute atomic E-state index is 0.212. The summed E-state index contributed by atoms with van der Waals surface area (Å²) in [5.74, 6) is -0.576. The first-order valence-electron chi connectivity index (χ1n) is 6.88. The van der Waals surface area contributed by atoms with E-state index in [0.717, 1.165) is 0 Å². The summed E-state index contributed by atoms with van der Waals surface area (Å²) in [6, 6.07) is 10.9. The molecule has 0 spiro atoms. The van der Waals surface area contributed by atoms with Gasteiger partial charge in [-0.1, -0.05) is 17.7 Å². The number of ether oxygens (including phenoxy) is 3. The van der Waals surface area contributed by atoms with Crippen LogP contribution in [-0.2, 0) is 4.74 Å². The van der Waals surface area contributed by atoms with Crippen molar-refractivity contribution < 1.29 is 23.8 Å². The molecule has 120 valence electrons. The second-order valence-corrected chi connectivity index (χ2v) is 4.92. The van der Waals surface area contributed by atoms with Crippen LogP contribution in [-0.4, -0.2) is 25.7 Å². The Hall–Kier alpha value is -2.53. The fraction of sp³-hybridized carbons (Fsp3) is 0.176. The van der Waals surface area contributed by atoms with E-state index < -0.39 is 11.9 Å². The van der Waals surface area contributed by atoms with Crippen molar-refractivity contribution in [2.45, 2.75) is 6.92 Å². The fourth-order valence-corrected chi connectivity index (χ4v) is 2.07. The van der Waals surface area contributed by atoms with Gasteiger partial charge in [-0.05, 0) is 43.3 Å². The molecule has 0 aromatic heterocycles. The molecule has 0 aliphatic heterocycles. The maximum Gasteiger partial charge on any atom is 0.343 e. The van der Waals surface area contributed by atoms with Gasteiger partial charge in [0.05, 0.1) is 24.8 Å². The smallest absolute Gasteiger partial charge is 0.343 e. The lowest BCUT2D eigenvalue weighted by Crippen LogP contribution is -2.10. The van der Waals surface area contributed by atoms with Crippen molar-refractivity contribution in [2.75, 3.05) is 13.7 Å². The largest absolute Gasteiger partial charge is 0.490 e. The molecule has 0 heterocycles. The van der Waals surface area contributed by atoms with E-state index in [1.54, 1.807) is 25.1 Å². The second-order valence-electron chi connectivity index (χ2n) is 4.49. The highest BCUT2D eigenvalue weighted by Crippen LogP contribution is 2.29. The van der Waals surface area contributed by atoms with Crippen molar-refractivity contribution >= 4 is 23.5 Å². The van der Waals surface area contributed by atoms with Crippen LogP contribution < -0.4 is 9.47 Å². The fourth-order valence-electron chi connectivity index (χ4n) is 1.88. The van der Waals surface area contributed by atoms with E-state index in [-0.39, 0.29) is 11.5 Å². The van der Waals surface area contributed by atoms with Gasteiger partial charge in [0.2, 0.25) is 0 Å². The van der Waals surface area contributed by atoms with Gasteiger partial charge in [0.1, 0.15) is 0 Å². The first-order valence-corrected chi connectivity index (χ1v) is 7.26. The van der Waals surface area contributed by atoms with E-state index in [2.05, 4.69) is 4.74 Å². The van der Waals surface area contributed by atoms with Crippen molar-refractivity contribution in [3.05, 3.63) is 58.6 Å². The second kappa shape index (κ2) is 7.65. The molecule has 5 nitrogen and oxygen atoms in total. The van der Waals surface area contributed by atoms with Crippen LogP contribution in [0.25, 0.3) is 0 Å². The summed E-state index contributed by atoms with van der Waals surface area (Å²) >= 11 is 5.86. The van der Waals surface area contributed by atoms with Gasteiger partial charge in [0.15, 0.2) is 11.5 Å². The topological polar surface area (TPSA) is 61.8 Å². The van der Waals surface area contributed by atoms with Crippen molar-refractivity contribution in [1.82, 2.24) is 0 Å². The van der Waals surface area contributed by atoms with Gasteiger partial charge >= 0.3 is 11.9 Å². The maximum absolute atomic E-state index is 12.2. The van der Waals surface area contributed by atoms with E-state index in [1.165, 1.54) is 31.4 Å². The number of esters is 2. The van der Waals surface area contributed by atoms with Crippen LogP contribution in [0.2, 0.25) is 5.02 Å². The molecule has 0 amide bonds. The first kappa shape index (κ1) is 16.8. The van der Waals surface area contributed by atoms with Gasteiger partial charge in [-0.15, -0.1) is 0 Å². The van der Waals surface area contributed by atoms with Crippen LogP contribution in [0.4, 0.5) is 0 Å². The Bertz CT molecular complexity index is 727. The molecule has 2 aromatic rings. The lowest BCUT2D eigenvalue weighted by atomic mass is 10.2. The van der Waals surface area contributed by atoms with Gasteiger partial charge in [0, 0.05) is 5.02 Å². The highest BCUT2D eigenvalue weighted by Gasteiger charge is 2.16. The Labute approximate surface area is 138 Å². The average molecular weight is 335 g/mol. The van der Waals surface area contributed by atoms with Gasteiger partial charge in [-0.2, -0.15) is 0 Å². The van der Waals surface area contributed by atoms with E-state index in [4.69, 9.17) is 21.1 Å². The molecule has 0 bridgehead atoms. The van der Waals surface area contributed by atoms with Crippen molar-refractivity contribution in [3.8, 4) is 11.5 Å². The standard InChI is InChI=1S/C17H15ClO5/c1-3-22-15-10-12(16(19)21-2)7-8-14(15)23-17(20)11-5-4-6-13(18)9-11/h4-10H,3H2,1-2H3. The quantitative estimate of drug-likeness (QED) is 0.615. The minimum atomic E-state index is -0.570. The Kier molecular flexibility index (Phi) is 5.60. The van der Waals surface area contributed by atoms with E-state index in [9.17, 15) is 9.59 Å². The zero-order valence-corrected chi connectivity index (χ0v) is 13.4. The summed E-state index contributed by atoms with van der Waals surface area (Å²) in [5.41, 5.74) is 0.621. The molecule has 0 saturated heterocycles. The third-order valence-corrected chi connectivity index (χ3v) is 3.16. The number of hydrogen-bond acceptors (Lipinski definition) is 5. The average Bonchev–Trinajstić information content (AvgIpc) is 2.55. The number of halogens is 1. The third-order valence-electron chi connectivity index (χ3n) is 2.93. The molecule has 0 radical (unpaired) electrons. The molecule has 6 heteroatoms. The number of rotatable bonds is 5. The molecule has 0 saturated carbocycles. The van der Waals surface area contributed by atoms with Crippen LogP contribution in [0, 0.1) is 0 Å². The predicted octanol–water partition coefficient (Wildman–Crippen LogP) is 3.74. The lowest BCUT2D eigenvalue weighted by molar-refractivity contribution is 0.0600. The van der Waals surface area contributed by atoms with Crippen LogP contribution in [0.15, 0.2) is 42.5 Å². The van der Waals surface area contributed by atoms with Crippen LogP contribution in [0.3, 0.4) is 0 Å². The number of hydrogen-bond donors (Lipinski definition) is 0. The minimum Gasteiger partial charge on any atom is -0.490 e. The molecule has 0 unspecified atom stereocenters. The Balaban J connectivity index is 2.27. The highest BCUT2D eigenvalue weighted by atomic mass is 35.5. The zero-order valence-electron chi connectivity index (χ0n) is 12.7. The van der Waals surface area contributed by atoms with Crippen LogP contribution in [0.1, 0.15) is 27.6 Å². The van der Waals surface area contributed by atoms with Gasteiger partial charge in [-0.25, -0.2) is 9.59 Å². The van der Waals surface area contributed by atoms with Crippen LogP contribution in [0.5, 0.6) is 11.5 Å². The van der Waals surface area contributed by atoms with E-state index in [1.807, 2.05) is 0 Å². The molecule has 2 aromatic carbocycles. The van der Waals surface area contributed by atoms with Crippen molar-refractivity contribution in [3.63, 3.8) is 0 Å². The molecular weight excluding hydrogens is 320 g/mol. The first-order chi connectivity index (χ1) is 11.0. The summed E-state index contributed by atoms with van der Waals surface area (Å²) < 4.78 is 15.4. The highest BCUT2D eigenvalue weighted by molar-refractivity contribution is 6.30. The summed E-state index contributed by atoms with van der Waals surface area (Å²) in [6.45, 7) is 2.14. The third kappa shape index (κ3) is 4.23. The molecule has 0 fully saturated rings. The van der Waals surface area contributed by atoms with Gasteiger partial charge in [-0.3, -0.25) is 0 Å². The summed E-state index contributed by atoms with van der Waals surface area (Å²) in [6.07, 6.45) is 0. The van der Waals surface area contributed by atoms with Gasteiger partial charge < -0.3 is 14.2 Å². The predicted molar refractivity (Wildman–Crippen MR) is 85.4 cm³/mol. The number of benzene rings is 2. The van der Waals surface area contributed by atoms with Gasteiger partial charge in [0.25, 0.3) is 0 Å². The van der Waals surface area contributed by atoms with E-state index >= 15 is 0 Å². The Morgan fingerprint density at radius 1 is 1.00 bits per heavy atom.